The summed E-state index contributed by atoms with van der Waals surface area (Å²) in [4.78, 5) is 48.3. The van der Waals surface area contributed by atoms with E-state index in [1.807, 2.05) is 6.92 Å². The summed E-state index contributed by atoms with van der Waals surface area (Å²) in [6, 6.07) is 9.64. The number of benzene rings is 2. The van der Waals surface area contributed by atoms with E-state index in [0.717, 1.165) is 4.90 Å². The molecule has 0 radical (unpaired) electrons. The fourth-order valence-electron chi connectivity index (χ4n) is 2.68. The molecule has 26 heavy (non-hydrogen) atoms. The molecule has 0 aromatic heterocycles. The number of ether oxygens (including phenoxy) is 1. The van der Waals surface area contributed by atoms with Gasteiger partial charge < -0.3 is 4.74 Å². The van der Waals surface area contributed by atoms with E-state index in [2.05, 4.69) is 0 Å². The molecule has 132 valence electrons. The van der Waals surface area contributed by atoms with Crippen LogP contribution < -0.4 is 4.90 Å². The highest BCUT2D eigenvalue weighted by Gasteiger charge is 2.41. The zero-order valence-corrected chi connectivity index (χ0v) is 13.8. The first-order chi connectivity index (χ1) is 12.5. The predicted octanol–water partition coefficient (Wildman–Crippen LogP) is 2.96. The number of carbonyl (C=O) groups excluding carboxylic acids is 3. The molecule has 0 unspecified atom stereocenters. The van der Waals surface area contributed by atoms with Crippen molar-refractivity contribution in [3.8, 4) is 0 Å². The first kappa shape index (κ1) is 17.3. The summed E-state index contributed by atoms with van der Waals surface area (Å²) in [5.41, 5.74) is -0.157. The molecule has 8 heteroatoms. The van der Waals surface area contributed by atoms with Crippen molar-refractivity contribution in [1.82, 2.24) is 0 Å². The van der Waals surface area contributed by atoms with E-state index >= 15 is 0 Å². The Morgan fingerprint density at radius 1 is 1.12 bits per heavy atom. The lowest BCUT2D eigenvalue weighted by Gasteiger charge is -2.14. The van der Waals surface area contributed by atoms with E-state index in [-0.39, 0.29) is 22.4 Å². The zero-order chi connectivity index (χ0) is 18.8. The molecule has 0 atom stereocenters. The average molecular weight is 354 g/mol. The van der Waals surface area contributed by atoms with E-state index < -0.39 is 28.4 Å². The van der Waals surface area contributed by atoms with Crippen LogP contribution in [0.2, 0.25) is 0 Å². The third kappa shape index (κ3) is 2.81. The molecular formula is C18H14N2O6. The minimum Gasteiger partial charge on any atom is -0.462 e. The zero-order valence-electron chi connectivity index (χ0n) is 13.8. The van der Waals surface area contributed by atoms with E-state index in [0.29, 0.717) is 13.0 Å². The molecule has 1 aliphatic rings. The maximum atomic E-state index is 12.6. The molecule has 0 saturated carbocycles. The molecule has 2 aromatic carbocycles. The normalized spacial score (nSPS) is 12.9. The number of hydrogen-bond donors (Lipinski definition) is 0. The Morgan fingerprint density at radius 3 is 2.42 bits per heavy atom. The topological polar surface area (TPSA) is 107 Å². The second-order valence-electron chi connectivity index (χ2n) is 5.59. The highest BCUT2D eigenvalue weighted by molar-refractivity contribution is 6.35. The van der Waals surface area contributed by atoms with Crippen LogP contribution in [0, 0.1) is 10.1 Å². The molecule has 1 heterocycles. The number of anilines is 1. The van der Waals surface area contributed by atoms with Gasteiger partial charge in [-0.3, -0.25) is 19.7 Å². The van der Waals surface area contributed by atoms with Crippen molar-refractivity contribution in [1.29, 1.82) is 0 Å². The number of esters is 1. The number of carbonyl (C=O) groups is 3. The van der Waals surface area contributed by atoms with Crippen molar-refractivity contribution < 1.29 is 24.0 Å². The van der Waals surface area contributed by atoms with Gasteiger partial charge in [-0.2, -0.15) is 0 Å². The lowest BCUT2D eigenvalue weighted by atomic mass is 10.1. The third-order valence-corrected chi connectivity index (χ3v) is 3.89. The maximum absolute atomic E-state index is 12.6. The van der Waals surface area contributed by atoms with Crippen LogP contribution >= 0.6 is 0 Å². The van der Waals surface area contributed by atoms with Gasteiger partial charge in [-0.15, -0.1) is 0 Å². The molecule has 0 N–H and O–H groups in total. The second-order valence-corrected chi connectivity index (χ2v) is 5.59. The number of nitrogens with zero attached hydrogens (tertiary/aromatic N) is 2. The first-order valence-corrected chi connectivity index (χ1v) is 7.89. The van der Waals surface area contributed by atoms with Crippen LogP contribution in [0.3, 0.4) is 0 Å². The molecule has 0 saturated heterocycles. The number of fused-ring (bicyclic) bond motifs is 1. The fraction of sp³-hybridized carbons (Fsp3) is 0.167. The summed E-state index contributed by atoms with van der Waals surface area (Å²) in [7, 11) is 0. The molecule has 2 aromatic rings. The van der Waals surface area contributed by atoms with Crippen molar-refractivity contribution in [2.45, 2.75) is 13.3 Å². The van der Waals surface area contributed by atoms with Crippen molar-refractivity contribution >= 4 is 29.2 Å². The van der Waals surface area contributed by atoms with Gasteiger partial charge in [0.05, 0.1) is 28.3 Å². The Balaban J connectivity index is 1.93. The Bertz CT molecular complexity index is 920. The predicted molar refractivity (Wildman–Crippen MR) is 91.3 cm³/mol. The van der Waals surface area contributed by atoms with Gasteiger partial charge in [0.15, 0.2) is 0 Å². The van der Waals surface area contributed by atoms with E-state index in [1.54, 1.807) is 0 Å². The maximum Gasteiger partial charge on any atom is 0.338 e. The summed E-state index contributed by atoms with van der Waals surface area (Å²) in [5, 5.41) is 11.1. The summed E-state index contributed by atoms with van der Waals surface area (Å²) < 4.78 is 5.02. The Labute approximate surface area is 148 Å². The molecule has 3 rings (SSSR count). The van der Waals surface area contributed by atoms with Gasteiger partial charge in [0, 0.05) is 6.07 Å². The SMILES string of the molecule is CCCOC(=O)c1ccc(N2C(=O)c3cccc([N+](=O)[O-])c3C2=O)cc1. The highest BCUT2D eigenvalue weighted by Crippen LogP contribution is 2.33. The van der Waals surface area contributed by atoms with Gasteiger partial charge in [0.1, 0.15) is 5.56 Å². The van der Waals surface area contributed by atoms with Crippen LogP contribution in [0.15, 0.2) is 42.5 Å². The highest BCUT2D eigenvalue weighted by atomic mass is 16.6. The molecule has 0 fully saturated rings. The van der Waals surface area contributed by atoms with Crippen LogP contribution in [0.4, 0.5) is 11.4 Å². The van der Waals surface area contributed by atoms with Gasteiger partial charge in [-0.1, -0.05) is 13.0 Å². The number of amides is 2. The number of nitro benzene ring substituents is 1. The van der Waals surface area contributed by atoms with Gasteiger partial charge in [0.2, 0.25) is 0 Å². The molecule has 1 aliphatic heterocycles. The summed E-state index contributed by atoms with van der Waals surface area (Å²) in [5.74, 6) is -1.91. The first-order valence-electron chi connectivity index (χ1n) is 7.89. The minimum atomic E-state index is -0.765. The minimum absolute atomic E-state index is 0.0179. The molecule has 0 spiro atoms. The van der Waals surface area contributed by atoms with Gasteiger partial charge in [-0.05, 0) is 36.8 Å². The van der Waals surface area contributed by atoms with Crippen molar-refractivity contribution in [3.63, 3.8) is 0 Å². The van der Waals surface area contributed by atoms with Crippen LogP contribution in [-0.2, 0) is 4.74 Å². The van der Waals surface area contributed by atoms with Crippen LogP contribution in [0.25, 0.3) is 0 Å². The molecule has 0 aliphatic carbocycles. The Kier molecular flexibility index (Phi) is 4.49. The van der Waals surface area contributed by atoms with E-state index in [1.165, 1.54) is 42.5 Å². The monoisotopic (exact) mass is 354 g/mol. The molecular weight excluding hydrogens is 340 g/mol. The van der Waals surface area contributed by atoms with Crippen LogP contribution in [-0.4, -0.2) is 29.3 Å². The van der Waals surface area contributed by atoms with Crippen molar-refractivity contribution in [2.75, 3.05) is 11.5 Å². The second kappa shape index (κ2) is 6.75. The van der Waals surface area contributed by atoms with Crippen molar-refractivity contribution in [3.05, 3.63) is 69.3 Å². The third-order valence-electron chi connectivity index (χ3n) is 3.89. The molecule has 0 bridgehead atoms. The van der Waals surface area contributed by atoms with Gasteiger partial charge in [-0.25, -0.2) is 9.69 Å². The van der Waals surface area contributed by atoms with Crippen LogP contribution in [0.1, 0.15) is 44.4 Å². The van der Waals surface area contributed by atoms with E-state index in [4.69, 9.17) is 4.74 Å². The van der Waals surface area contributed by atoms with Crippen molar-refractivity contribution in [2.24, 2.45) is 0 Å². The molecule has 2 amide bonds. The number of hydrogen-bond acceptors (Lipinski definition) is 6. The largest absolute Gasteiger partial charge is 0.462 e. The Morgan fingerprint density at radius 2 is 1.81 bits per heavy atom. The average Bonchev–Trinajstić information content (AvgIpc) is 2.90. The number of nitro groups is 1. The Hall–Kier alpha value is -3.55. The number of rotatable bonds is 5. The van der Waals surface area contributed by atoms with Gasteiger partial charge >= 0.3 is 5.97 Å². The lowest BCUT2D eigenvalue weighted by Crippen LogP contribution is -2.29. The quantitative estimate of drug-likeness (QED) is 0.354. The van der Waals surface area contributed by atoms with Crippen LogP contribution in [0.5, 0.6) is 0 Å². The van der Waals surface area contributed by atoms with Gasteiger partial charge in [0.25, 0.3) is 17.5 Å². The smallest absolute Gasteiger partial charge is 0.338 e. The lowest BCUT2D eigenvalue weighted by molar-refractivity contribution is -0.385. The van der Waals surface area contributed by atoms with E-state index in [9.17, 15) is 24.5 Å². The summed E-state index contributed by atoms with van der Waals surface area (Å²) in [6.45, 7) is 2.17. The summed E-state index contributed by atoms with van der Waals surface area (Å²) in [6.07, 6.45) is 0.692. The number of imide groups is 1. The fourth-order valence-corrected chi connectivity index (χ4v) is 2.68. The standard InChI is InChI=1S/C18H14N2O6/c1-2-10-26-18(23)11-6-8-12(9-7-11)19-16(21)13-4-3-5-14(20(24)25)15(13)17(19)22/h3-9H,2,10H2,1H3. The summed E-state index contributed by atoms with van der Waals surface area (Å²) >= 11 is 0. The molecule has 8 nitrogen and oxygen atoms in total.